The Balaban J connectivity index is 1.65. The first kappa shape index (κ1) is 19.3. The molecule has 0 radical (unpaired) electrons. The van der Waals surface area contributed by atoms with Crippen LogP contribution in [0.5, 0.6) is 0 Å². The quantitative estimate of drug-likeness (QED) is 0.577. The van der Waals surface area contributed by atoms with Crippen molar-refractivity contribution in [1.29, 1.82) is 0 Å². The minimum absolute atomic E-state index is 0.151. The molecule has 30 heavy (non-hydrogen) atoms. The van der Waals surface area contributed by atoms with Gasteiger partial charge < -0.3 is 15.7 Å². The van der Waals surface area contributed by atoms with Gasteiger partial charge >= 0.3 is 0 Å². The Bertz CT molecular complexity index is 1120. The highest BCUT2D eigenvalue weighted by Crippen LogP contribution is 2.40. The number of hydrogen-bond donors (Lipinski definition) is 3. The van der Waals surface area contributed by atoms with E-state index in [2.05, 4.69) is 20.6 Å². The van der Waals surface area contributed by atoms with Gasteiger partial charge in [-0.1, -0.05) is 24.4 Å². The van der Waals surface area contributed by atoms with Crippen molar-refractivity contribution < 1.29 is 9.90 Å². The number of carbonyl (C=O) groups is 1. The molecule has 1 fully saturated rings. The van der Waals surface area contributed by atoms with Gasteiger partial charge in [-0.2, -0.15) is 10.1 Å². The molecule has 5 rings (SSSR count). The van der Waals surface area contributed by atoms with E-state index in [-0.39, 0.29) is 5.91 Å². The van der Waals surface area contributed by atoms with E-state index in [0.29, 0.717) is 34.9 Å². The number of aliphatic hydroxyl groups is 1. The number of aliphatic hydroxyl groups excluding tert-OH is 1. The van der Waals surface area contributed by atoms with E-state index < -0.39 is 12.0 Å². The minimum atomic E-state index is -0.600. The van der Waals surface area contributed by atoms with Crippen LogP contribution in [-0.4, -0.2) is 43.4 Å². The van der Waals surface area contributed by atoms with Gasteiger partial charge in [0.25, 0.3) is 0 Å². The van der Waals surface area contributed by atoms with E-state index in [1.165, 1.54) is 12.8 Å². The second kappa shape index (κ2) is 7.52. The number of benzene rings is 1. The number of anilines is 2. The highest BCUT2D eigenvalue weighted by atomic mass is 35.5. The molecule has 9 heteroatoms. The Hall–Kier alpha value is -2.71. The molecule has 0 bridgehead atoms. The monoisotopic (exact) mass is 426 g/mol. The molecule has 8 nitrogen and oxygen atoms in total. The highest BCUT2D eigenvalue weighted by molar-refractivity contribution is 6.31. The van der Waals surface area contributed by atoms with Gasteiger partial charge in [0.2, 0.25) is 11.9 Å². The van der Waals surface area contributed by atoms with Gasteiger partial charge in [0.15, 0.2) is 5.65 Å². The summed E-state index contributed by atoms with van der Waals surface area (Å²) in [6.07, 6.45) is 5.97. The standard InChI is InChI=1S/C21H23ClN6O2/c1-11(29)9-23-21-25-18(17-14-8-12(22)6-7-16(14)24-20(17)30)15-10-28(27-19(15)26-21)13-4-2-3-5-13/h6-8,10-11,13,17,29H,2-5,9H2,1H3,(H,24,30)(H,23,26,27)/t11-,17?/m1/s1. The van der Waals surface area contributed by atoms with Crippen LogP contribution in [0.25, 0.3) is 11.0 Å². The molecule has 1 unspecified atom stereocenters. The summed E-state index contributed by atoms with van der Waals surface area (Å²) in [6.45, 7) is 1.98. The minimum Gasteiger partial charge on any atom is -0.392 e. The predicted octanol–water partition coefficient (Wildman–Crippen LogP) is 3.47. The number of halogens is 1. The van der Waals surface area contributed by atoms with E-state index in [1.807, 2.05) is 16.9 Å². The van der Waals surface area contributed by atoms with E-state index >= 15 is 0 Å². The number of carbonyl (C=O) groups excluding carboxylic acids is 1. The summed E-state index contributed by atoms with van der Waals surface area (Å²) < 4.78 is 1.97. The number of amides is 1. The molecular weight excluding hydrogens is 404 g/mol. The number of hydrogen-bond acceptors (Lipinski definition) is 6. The first-order valence-corrected chi connectivity index (χ1v) is 10.7. The zero-order chi connectivity index (χ0) is 20.8. The van der Waals surface area contributed by atoms with Crippen molar-refractivity contribution in [1.82, 2.24) is 19.7 Å². The van der Waals surface area contributed by atoms with Crippen LogP contribution >= 0.6 is 11.6 Å². The van der Waals surface area contributed by atoms with E-state index in [4.69, 9.17) is 16.7 Å². The summed E-state index contributed by atoms with van der Waals surface area (Å²) in [5.41, 5.74) is 2.67. The highest BCUT2D eigenvalue weighted by Gasteiger charge is 2.36. The lowest BCUT2D eigenvalue weighted by molar-refractivity contribution is -0.116. The second-order valence-electron chi connectivity index (χ2n) is 8.10. The molecule has 1 amide bonds. The number of fused-ring (bicyclic) bond motifs is 2. The lowest BCUT2D eigenvalue weighted by Gasteiger charge is -2.13. The molecule has 1 aliphatic carbocycles. The second-order valence-corrected chi connectivity index (χ2v) is 8.54. The van der Waals surface area contributed by atoms with Gasteiger partial charge in [0.05, 0.1) is 23.2 Å². The molecule has 1 aromatic carbocycles. The third kappa shape index (κ3) is 3.40. The summed E-state index contributed by atoms with van der Waals surface area (Å²) in [7, 11) is 0. The normalized spacial score (nSPS) is 19.8. The van der Waals surface area contributed by atoms with Gasteiger partial charge in [-0.3, -0.25) is 9.48 Å². The average molecular weight is 427 g/mol. The van der Waals surface area contributed by atoms with Gasteiger partial charge in [-0.05, 0) is 43.5 Å². The summed E-state index contributed by atoms with van der Waals surface area (Å²) in [5.74, 6) is -0.404. The van der Waals surface area contributed by atoms with Crippen molar-refractivity contribution in [2.75, 3.05) is 17.2 Å². The molecule has 2 aliphatic rings. The van der Waals surface area contributed by atoms with Crippen molar-refractivity contribution in [2.45, 2.75) is 50.7 Å². The number of aromatic nitrogens is 4. The molecule has 3 aromatic rings. The van der Waals surface area contributed by atoms with Crippen molar-refractivity contribution in [3.63, 3.8) is 0 Å². The fourth-order valence-electron chi connectivity index (χ4n) is 4.34. The van der Waals surface area contributed by atoms with E-state index in [9.17, 15) is 9.90 Å². The number of rotatable bonds is 5. The average Bonchev–Trinajstić information content (AvgIpc) is 3.43. The smallest absolute Gasteiger partial charge is 0.238 e. The molecule has 3 heterocycles. The molecule has 3 N–H and O–H groups in total. The Morgan fingerprint density at radius 3 is 2.90 bits per heavy atom. The number of nitrogens with one attached hydrogen (secondary N) is 2. The molecule has 2 atom stereocenters. The summed E-state index contributed by atoms with van der Waals surface area (Å²) in [5, 5.41) is 21.7. The zero-order valence-electron chi connectivity index (χ0n) is 16.6. The lowest BCUT2D eigenvalue weighted by atomic mass is 9.95. The Kier molecular flexibility index (Phi) is 4.83. The first-order valence-electron chi connectivity index (χ1n) is 10.3. The van der Waals surface area contributed by atoms with Crippen molar-refractivity contribution >= 4 is 40.2 Å². The molecule has 0 spiro atoms. The third-order valence-corrected chi connectivity index (χ3v) is 6.03. The first-order chi connectivity index (χ1) is 14.5. The molecule has 1 saturated carbocycles. The molecule has 0 saturated heterocycles. The maximum atomic E-state index is 12.9. The molecule has 1 aliphatic heterocycles. The fraction of sp³-hybridized carbons (Fsp3) is 0.429. The molecule has 2 aromatic heterocycles. The van der Waals surface area contributed by atoms with Crippen LogP contribution in [0.3, 0.4) is 0 Å². The Morgan fingerprint density at radius 2 is 2.13 bits per heavy atom. The Labute approximate surface area is 178 Å². The van der Waals surface area contributed by atoms with E-state index in [0.717, 1.165) is 29.5 Å². The van der Waals surface area contributed by atoms with Gasteiger partial charge in [0.1, 0.15) is 5.92 Å². The SMILES string of the molecule is C[C@@H](O)CNc1nc(C2C(=O)Nc3ccc(Cl)cc32)c2cn(C3CCCC3)nc2n1. The third-order valence-electron chi connectivity index (χ3n) is 5.80. The van der Waals surface area contributed by atoms with Crippen LogP contribution in [-0.2, 0) is 4.79 Å². The van der Waals surface area contributed by atoms with Crippen molar-refractivity contribution in [2.24, 2.45) is 0 Å². The van der Waals surface area contributed by atoms with Gasteiger partial charge in [-0.25, -0.2) is 4.98 Å². The maximum Gasteiger partial charge on any atom is 0.238 e. The summed E-state index contributed by atoms with van der Waals surface area (Å²) in [6, 6.07) is 5.71. The van der Waals surface area contributed by atoms with Crippen LogP contribution in [0.4, 0.5) is 11.6 Å². The van der Waals surface area contributed by atoms with E-state index in [1.54, 1.807) is 19.1 Å². The zero-order valence-corrected chi connectivity index (χ0v) is 17.4. The van der Waals surface area contributed by atoms with Crippen molar-refractivity contribution in [3.05, 3.63) is 40.7 Å². The Morgan fingerprint density at radius 1 is 1.33 bits per heavy atom. The predicted molar refractivity (Wildman–Crippen MR) is 115 cm³/mol. The van der Waals surface area contributed by atoms with Crippen LogP contribution < -0.4 is 10.6 Å². The van der Waals surface area contributed by atoms with Gasteiger partial charge in [-0.15, -0.1) is 0 Å². The van der Waals surface area contributed by atoms with Gasteiger partial charge in [0, 0.05) is 23.5 Å². The number of nitrogens with zero attached hydrogens (tertiary/aromatic N) is 4. The van der Waals surface area contributed by atoms with Crippen molar-refractivity contribution in [3.8, 4) is 0 Å². The fourth-order valence-corrected chi connectivity index (χ4v) is 4.52. The van der Waals surface area contributed by atoms with Crippen LogP contribution in [0.2, 0.25) is 5.02 Å². The van der Waals surface area contributed by atoms with Crippen LogP contribution in [0.15, 0.2) is 24.4 Å². The topological polar surface area (TPSA) is 105 Å². The molecular formula is C21H23ClN6O2. The largest absolute Gasteiger partial charge is 0.392 e. The summed E-state index contributed by atoms with van der Waals surface area (Å²) >= 11 is 6.22. The summed E-state index contributed by atoms with van der Waals surface area (Å²) in [4.78, 5) is 22.2. The van der Waals surface area contributed by atoms with Crippen LogP contribution in [0.1, 0.15) is 55.8 Å². The van der Waals surface area contributed by atoms with Crippen LogP contribution in [0, 0.1) is 0 Å². The lowest BCUT2D eigenvalue weighted by Crippen LogP contribution is -2.19. The maximum absolute atomic E-state index is 12.9. The molecule has 156 valence electrons.